The molecule has 2 saturated heterocycles. The molecule has 0 radical (unpaired) electrons. The molecule has 15 heteroatoms. The van der Waals surface area contributed by atoms with Gasteiger partial charge in [-0.3, -0.25) is 9.59 Å². The van der Waals surface area contributed by atoms with Gasteiger partial charge in [-0.05, 0) is 38.5 Å². The molecule has 0 aromatic rings. The predicted molar refractivity (Wildman–Crippen MR) is 252 cm³/mol. The number of hydrogen-bond acceptors (Lipinski definition) is 15. The molecule has 7 N–H and O–H groups in total. The van der Waals surface area contributed by atoms with Crippen molar-refractivity contribution in [2.24, 2.45) is 0 Å². The molecule has 0 amide bonds. The van der Waals surface area contributed by atoms with Gasteiger partial charge in [-0.25, -0.2) is 0 Å². The predicted octanol–water partition coefficient (Wildman–Crippen LogP) is 7.38. The highest BCUT2D eigenvalue weighted by molar-refractivity contribution is 5.70. The van der Waals surface area contributed by atoms with Gasteiger partial charge >= 0.3 is 11.9 Å². The third kappa shape index (κ3) is 26.8. The van der Waals surface area contributed by atoms with Crippen molar-refractivity contribution in [1.29, 1.82) is 0 Å². The Labute approximate surface area is 397 Å². The zero-order chi connectivity index (χ0) is 48.2. The Morgan fingerprint density at radius 3 is 1.35 bits per heavy atom. The molecule has 0 saturated carbocycles. The summed E-state index contributed by atoms with van der Waals surface area (Å²) in [6, 6.07) is 0. The minimum atomic E-state index is -1.76. The van der Waals surface area contributed by atoms with E-state index in [1.165, 1.54) is 116 Å². The maximum absolute atomic E-state index is 13.0. The molecule has 0 aromatic heterocycles. The van der Waals surface area contributed by atoms with Crippen LogP contribution >= 0.6 is 0 Å². The van der Waals surface area contributed by atoms with Crippen molar-refractivity contribution in [2.75, 3.05) is 26.4 Å². The number of carbonyl (C=O) groups excluding carboxylic acids is 2. The SMILES string of the molecule is CCCCCC/C=C/CCCCCCCCCC(=O)O[C@H](COC(=O)CCCCCCCCCCCCCCCCC)CO[C@@H]1O[C@H](CO[C@@H]2O[C@H](CO)[C@H](O)C(O)C2O)[C@H](O)C(O)C1O. The second kappa shape index (κ2) is 39.0. The van der Waals surface area contributed by atoms with E-state index < -0.39 is 92.7 Å². The molecule has 15 nitrogen and oxygen atoms in total. The van der Waals surface area contributed by atoms with E-state index in [-0.39, 0.29) is 26.1 Å². The van der Waals surface area contributed by atoms with Crippen molar-refractivity contribution < 1.29 is 73.8 Å². The maximum atomic E-state index is 13.0. The number of unbranched alkanes of at least 4 members (excludes halogenated alkanes) is 25. The molecule has 0 spiro atoms. The fourth-order valence-corrected chi connectivity index (χ4v) is 8.39. The van der Waals surface area contributed by atoms with Gasteiger partial charge in [0.2, 0.25) is 0 Å². The lowest BCUT2D eigenvalue weighted by molar-refractivity contribution is -0.332. The van der Waals surface area contributed by atoms with Crippen LogP contribution in [0.5, 0.6) is 0 Å². The number of hydrogen-bond donors (Lipinski definition) is 7. The van der Waals surface area contributed by atoms with Gasteiger partial charge in [0.05, 0.1) is 19.8 Å². The summed E-state index contributed by atoms with van der Waals surface area (Å²) in [4.78, 5) is 25.8. The van der Waals surface area contributed by atoms with E-state index in [1.54, 1.807) is 0 Å². The van der Waals surface area contributed by atoms with Crippen LogP contribution in [0.4, 0.5) is 0 Å². The van der Waals surface area contributed by atoms with Crippen LogP contribution in [-0.4, -0.2) is 142 Å². The molecule has 2 aliphatic rings. The van der Waals surface area contributed by atoms with Gasteiger partial charge in [0.25, 0.3) is 0 Å². The molecule has 388 valence electrons. The van der Waals surface area contributed by atoms with Crippen molar-refractivity contribution in [2.45, 2.75) is 274 Å². The van der Waals surface area contributed by atoms with E-state index in [9.17, 15) is 45.3 Å². The minimum absolute atomic E-state index is 0.164. The lowest BCUT2D eigenvalue weighted by Gasteiger charge is -2.42. The summed E-state index contributed by atoms with van der Waals surface area (Å²) < 4.78 is 33.6. The summed E-state index contributed by atoms with van der Waals surface area (Å²) in [7, 11) is 0. The first-order chi connectivity index (χ1) is 32.0. The molecule has 4 unspecified atom stereocenters. The van der Waals surface area contributed by atoms with Gasteiger partial charge in [-0.2, -0.15) is 0 Å². The molecule has 0 aliphatic carbocycles. The van der Waals surface area contributed by atoms with Gasteiger partial charge in [0.1, 0.15) is 55.4 Å². The summed E-state index contributed by atoms with van der Waals surface area (Å²) in [6.45, 7) is 2.60. The highest BCUT2D eigenvalue weighted by Gasteiger charge is 2.47. The molecule has 2 heterocycles. The normalized spacial score (nSPS) is 26.2. The zero-order valence-corrected chi connectivity index (χ0v) is 40.9. The van der Waals surface area contributed by atoms with Crippen molar-refractivity contribution in [1.82, 2.24) is 0 Å². The third-order valence-corrected chi connectivity index (χ3v) is 12.7. The number of rotatable bonds is 41. The highest BCUT2D eigenvalue weighted by atomic mass is 16.7. The summed E-state index contributed by atoms with van der Waals surface area (Å²) in [5, 5.41) is 72.1. The lowest BCUT2D eigenvalue weighted by Crippen LogP contribution is -2.61. The van der Waals surface area contributed by atoms with E-state index in [0.717, 1.165) is 51.4 Å². The highest BCUT2D eigenvalue weighted by Crippen LogP contribution is 2.26. The van der Waals surface area contributed by atoms with Crippen LogP contribution in [0.2, 0.25) is 0 Å². The van der Waals surface area contributed by atoms with Gasteiger partial charge in [0, 0.05) is 12.8 Å². The standard InChI is InChI=1S/C51H94O15/c1-3-5-7-9-11-13-15-17-19-21-23-25-27-29-31-33-42(53)61-36-39(64-43(54)34-32-30-28-26-24-22-20-18-16-14-12-10-8-6-4-2)37-62-50-49(60)47(58)45(56)41(66-50)38-63-51-48(59)46(57)44(55)40(35-52)65-51/h14,16,39-41,44-52,55-60H,3-13,15,17-38H2,1-2H3/b16-14+/t39-,40-,41-,44+,45+,46?,47?,48?,49?,50-,51-/m1/s1. The Kier molecular flexibility index (Phi) is 35.7. The number of ether oxygens (including phenoxy) is 6. The number of aliphatic hydroxyl groups is 7. The molecular formula is C51H94O15. The average Bonchev–Trinajstić information content (AvgIpc) is 3.31. The monoisotopic (exact) mass is 947 g/mol. The van der Waals surface area contributed by atoms with E-state index in [1.807, 2.05) is 0 Å². The Balaban J connectivity index is 1.80. The number of aliphatic hydroxyl groups excluding tert-OH is 7. The van der Waals surface area contributed by atoms with E-state index in [4.69, 9.17) is 28.4 Å². The van der Waals surface area contributed by atoms with Crippen LogP contribution in [-0.2, 0) is 38.0 Å². The van der Waals surface area contributed by atoms with Gasteiger partial charge in [0.15, 0.2) is 18.7 Å². The Bertz CT molecular complexity index is 1210. The van der Waals surface area contributed by atoms with E-state index >= 15 is 0 Å². The van der Waals surface area contributed by atoms with Crippen molar-refractivity contribution in [3.8, 4) is 0 Å². The summed E-state index contributed by atoms with van der Waals surface area (Å²) in [5.41, 5.74) is 0. The maximum Gasteiger partial charge on any atom is 0.306 e. The summed E-state index contributed by atoms with van der Waals surface area (Å²) in [6.07, 6.45) is 20.9. The quantitative estimate of drug-likeness (QED) is 0.0180. The van der Waals surface area contributed by atoms with Crippen LogP contribution in [0.3, 0.4) is 0 Å². The topological polar surface area (TPSA) is 231 Å². The average molecular weight is 947 g/mol. The number of allylic oxidation sites excluding steroid dienone is 2. The first kappa shape index (κ1) is 60.4. The van der Waals surface area contributed by atoms with Crippen LogP contribution in [0.25, 0.3) is 0 Å². The summed E-state index contributed by atoms with van der Waals surface area (Å²) >= 11 is 0. The molecule has 11 atom stereocenters. The third-order valence-electron chi connectivity index (χ3n) is 12.7. The number of carbonyl (C=O) groups is 2. The van der Waals surface area contributed by atoms with Crippen LogP contribution in [0, 0.1) is 0 Å². The second-order valence-electron chi connectivity index (χ2n) is 18.7. The molecular weight excluding hydrogens is 853 g/mol. The van der Waals surface area contributed by atoms with Gasteiger partial charge in [-0.1, -0.05) is 167 Å². The first-order valence-electron chi connectivity index (χ1n) is 26.3. The molecule has 2 rings (SSSR count). The summed E-state index contributed by atoms with van der Waals surface area (Å²) in [5.74, 6) is -0.919. The van der Waals surface area contributed by atoms with Crippen molar-refractivity contribution in [3.05, 3.63) is 12.2 Å². The second-order valence-corrected chi connectivity index (χ2v) is 18.7. The van der Waals surface area contributed by atoms with Crippen LogP contribution < -0.4 is 0 Å². The molecule has 66 heavy (non-hydrogen) atoms. The fraction of sp³-hybridized carbons (Fsp3) is 0.922. The number of esters is 2. The smallest absolute Gasteiger partial charge is 0.306 e. The molecule has 2 fully saturated rings. The van der Waals surface area contributed by atoms with Crippen LogP contribution in [0.15, 0.2) is 12.2 Å². The van der Waals surface area contributed by atoms with Crippen molar-refractivity contribution >= 4 is 11.9 Å². The van der Waals surface area contributed by atoms with Crippen LogP contribution in [0.1, 0.15) is 206 Å². The van der Waals surface area contributed by atoms with Crippen molar-refractivity contribution in [3.63, 3.8) is 0 Å². The van der Waals surface area contributed by atoms with Gasteiger partial charge in [-0.15, -0.1) is 0 Å². The Morgan fingerprint density at radius 2 is 0.864 bits per heavy atom. The molecule has 0 aromatic carbocycles. The van der Waals surface area contributed by atoms with E-state index in [2.05, 4.69) is 26.0 Å². The minimum Gasteiger partial charge on any atom is -0.462 e. The van der Waals surface area contributed by atoms with E-state index in [0.29, 0.717) is 12.8 Å². The molecule has 0 bridgehead atoms. The Hall–Kier alpha value is -1.76. The zero-order valence-electron chi connectivity index (χ0n) is 40.9. The first-order valence-corrected chi connectivity index (χ1v) is 26.3. The Morgan fingerprint density at radius 1 is 0.470 bits per heavy atom. The molecule has 2 aliphatic heterocycles. The largest absolute Gasteiger partial charge is 0.462 e. The lowest BCUT2D eigenvalue weighted by atomic mass is 9.98. The fourth-order valence-electron chi connectivity index (χ4n) is 8.39. The van der Waals surface area contributed by atoms with Gasteiger partial charge < -0.3 is 64.2 Å².